The highest BCUT2D eigenvalue weighted by molar-refractivity contribution is 7.85. The number of benzene rings is 2. The second-order valence-electron chi connectivity index (χ2n) is 4.54. The van der Waals surface area contributed by atoms with E-state index < -0.39 is 10.8 Å². The Labute approximate surface area is 127 Å². The molecule has 0 aromatic heterocycles. The highest BCUT2D eigenvalue weighted by Gasteiger charge is 2.09. The van der Waals surface area contributed by atoms with E-state index in [0.717, 1.165) is 22.0 Å². The molecule has 0 heterocycles. The molecule has 2 aromatic carbocycles. The van der Waals surface area contributed by atoms with Crippen molar-refractivity contribution in [3.05, 3.63) is 48.0 Å². The predicted octanol–water partition coefficient (Wildman–Crippen LogP) is 2.77. The molecule has 0 spiro atoms. The third kappa shape index (κ3) is 3.98. The first-order chi connectivity index (χ1) is 10.1. The molecule has 1 atom stereocenters. The summed E-state index contributed by atoms with van der Waals surface area (Å²) in [6.07, 6.45) is 0. The Bertz CT molecular complexity index is 626. The van der Waals surface area contributed by atoms with Crippen LogP contribution >= 0.6 is 0 Å². The molecule has 0 bridgehead atoms. The first kappa shape index (κ1) is 15.4. The van der Waals surface area contributed by atoms with Crippen molar-refractivity contribution in [1.82, 2.24) is 0 Å². The van der Waals surface area contributed by atoms with E-state index in [9.17, 15) is 4.21 Å². The molecule has 21 heavy (non-hydrogen) atoms. The monoisotopic (exact) mass is 305 g/mol. The van der Waals surface area contributed by atoms with Gasteiger partial charge in [-0.15, -0.1) is 0 Å². The quantitative estimate of drug-likeness (QED) is 0.834. The zero-order chi connectivity index (χ0) is 15.2. The third-order valence-corrected chi connectivity index (χ3v) is 4.64. The number of anilines is 1. The van der Waals surface area contributed by atoms with Crippen LogP contribution in [0.5, 0.6) is 11.5 Å². The standard InChI is InChI=1S/C16H19NO3S/c1-12-15(17)4-3-5-16(12)21(18)11-10-20-14-8-6-13(19-2)7-9-14/h3-9H,10-11,17H2,1-2H3. The van der Waals surface area contributed by atoms with Crippen molar-refractivity contribution >= 4 is 16.5 Å². The first-order valence-corrected chi connectivity index (χ1v) is 7.94. The molecular weight excluding hydrogens is 286 g/mol. The fourth-order valence-electron chi connectivity index (χ4n) is 1.90. The van der Waals surface area contributed by atoms with Gasteiger partial charge < -0.3 is 15.2 Å². The van der Waals surface area contributed by atoms with Gasteiger partial charge in [0.2, 0.25) is 0 Å². The maximum Gasteiger partial charge on any atom is 0.119 e. The van der Waals surface area contributed by atoms with Gasteiger partial charge in [-0.3, -0.25) is 4.21 Å². The number of rotatable bonds is 6. The minimum atomic E-state index is -1.11. The normalized spacial score (nSPS) is 11.9. The van der Waals surface area contributed by atoms with Crippen molar-refractivity contribution in [3.63, 3.8) is 0 Å². The zero-order valence-electron chi connectivity index (χ0n) is 12.2. The summed E-state index contributed by atoms with van der Waals surface area (Å²) in [5, 5.41) is 0. The van der Waals surface area contributed by atoms with E-state index in [1.54, 1.807) is 7.11 Å². The molecule has 2 rings (SSSR count). The molecule has 2 N–H and O–H groups in total. The van der Waals surface area contributed by atoms with Crippen molar-refractivity contribution in [2.24, 2.45) is 0 Å². The lowest BCUT2D eigenvalue weighted by molar-refractivity contribution is 0.341. The largest absolute Gasteiger partial charge is 0.497 e. The second-order valence-corrected chi connectivity index (χ2v) is 6.08. The SMILES string of the molecule is COc1ccc(OCCS(=O)c2cccc(N)c2C)cc1. The van der Waals surface area contributed by atoms with Crippen LogP contribution in [0.3, 0.4) is 0 Å². The lowest BCUT2D eigenvalue weighted by atomic mass is 10.2. The molecular formula is C16H19NO3S. The van der Waals surface area contributed by atoms with Gasteiger partial charge >= 0.3 is 0 Å². The molecule has 0 aliphatic carbocycles. The highest BCUT2D eigenvalue weighted by Crippen LogP contribution is 2.20. The van der Waals surface area contributed by atoms with Gasteiger partial charge in [-0.2, -0.15) is 0 Å². The number of methoxy groups -OCH3 is 1. The van der Waals surface area contributed by atoms with Crippen LogP contribution in [-0.2, 0) is 10.8 Å². The molecule has 0 saturated heterocycles. The number of nitrogens with two attached hydrogens (primary N) is 1. The molecule has 1 unspecified atom stereocenters. The van der Waals surface area contributed by atoms with Gasteiger partial charge in [0.1, 0.15) is 18.1 Å². The Balaban J connectivity index is 1.90. The summed E-state index contributed by atoms with van der Waals surface area (Å²) in [6.45, 7) is 2.26. The first-order valence-electron chi connectivity index (χ1n) is 6.62. The van der Waals surface area contributed by atoms with E-state index in [2.05, 4.69) is 0 Å². The minimum Gasteiger partial charge on any atom is -0.497 e. The Morgan fingerprint density at radius 2 is 1.76 bits per heavy atom. The van der Waals surface area contributed by atoms with Crippen molar-refractivity contribution in [2.75, 3.05) is 25.2 Å². The molecule has 0 fully saturated rings. The topological polar surface area (TPSA) is 61.5 Å². The summed E-state index contributed by atoms with van der Waals surface area (Å²) in [5.41, 5.74) is 7.37. The van der Waals surface area contributed by atoms with Gasteiger partial charge in [0.15, 0.2) is 0 Å². The van der Waals surface area contributed by atoms with Crippen molar-refractivity contribution < 1.29 is 13.7 Å². The van der Waals surface area contributed by atoms with E-state index in [-0.39, 0.29) is 0 Å². The number of hydrogen-bond acceptors (Lipinski definition) is 4. The number of nitrogen functional groups attached to an aromatic ring is 1. The van der Waals surface area contributed by atoms with Gasteiger partial charge in [0.05, 0.1) is 23.7 Å². The van der Waals surface area contributed by atoms with Crippen molar-refractivity contribution in [3.8, 4) is 11.5 Å². The minimum absolute atomic E-state index is 0.382. The summed E-state index contributed by atoms with van der Waals surface area (Å²) in [5.74, 6) is 1.94. The molecule has 0 radical (unpaired) electrons. The smallest absolute Gasteiger partial charge is 0.119 e. The molecule has 0 saturated carbocycles. The summed E-state index contributed by atoms with van der Waals surface area (Å²) in [7, 11) is 0.503. The van der Waals surface area contributed by atoms with Crippen LogP contribution < -0.4 is 15.2 Å². The lowest BCUT2D eigenvalue weighted by Crippen LogP contribution is -2.10. The molecule has 0 amide bonds. The van der Waals surface area contributed by atoms with Crippen molar-refractivity contribution in [1.29, 1.82) is 0 Å². The molecule has 0 aliphatic heterocycles. The fourth-order valence-corrected chi connectivity index (χ4v) is 3.04. The second kappa shape index (κ2) is 7.13. The van der Waals surface area contributed by atoms with Crippen LogP contribution in [0.1, 0.15) is 5.56 Å². The van der Waals surface area contributed by atoms with Crippen LogP contribution in [0.4, 0.5) is 5.69 Å². The summed E-state index contributed by atoms with van der Waals surface area (Å²) in [4.78, 5) is 0.772. The van der Waals surface area contributed by atoms with E-state index in [4.69, 9.17) is 15.2 Å². The summed E-state index contributed by atoms with van der Waals surface area (Å²) >= 11 is 0. The van der Waals surface area contributed by atoms with E-state index in [1.165, 1.54) is 0 Å². The van der Waals surface area contributed by atoms with Crippen LogP contribution in [0.2, 0.25) is 0 Å². The molecule has 112 valence electrons. The predicted molar refractivity (Wildman–Crippen MR) is 85.4 cm³/mol. The fraction of sp³-hybridized carbons (Fsp3) is 0.250. The lowest BCUT2D eigenvalue weighted by Gasteiger charge is -2.09. The van der Waals surface area contributed by atoms with Gasteiger partial charge in [0.25, 0.3) is 0 Å². The third-order valence-electron chi connectivity index (χ3n) is 3.17. The van der Waals surface area contributed by atoms with E-state index in [0.29, 0.717) is 18.0 Å². The van der Waals surface area contributed by atoms with Gasteiger partial charge in [-0.1, -0.05) is 6.07 Å². The Morgan fingerprint density at radius 3 is 2.43 bits per heavy atom. The van der Waals surface area contributed by atoms with Crippen LogP contribution in [-0.4, -0.2) is 23.7 Å². The Kier molecular flexibility index (Phi) is 5.22. The average molecular weight is 305 g/mol. The molecule has 0 aliphatic rings. The Morgan fingerprint density at radius 1 is 1.10 bits per heavy atom. The van der Waals surface area contributed by atoms with Crippen molar-refractivity contribution in [2.45, 2.75) is 11.8 Å². The Hall–Kier alpha value is -2.01. The maximum atomic E-state index is 12.3. The summed E-state index contributed by atoms with van der Waals surface area (Å²) in [6, 6.07) is 12.8. The van der Waals surface area contributed by atoms with E-state index in [1.807, 2.05) is 49.4 Å². The number of ether oxygens (including phenoxy) is 2. The molecule has 4 nitrogen and oxygen atoms in total. The highest BCUT2D eigenvalue weighted by atomic mass is 32.2. The number of hydrogen-bond donors (Lipinski definition) is 1. The molecule has 5 heteroatoms. The molecule has 2 aromatic rings. The van der Waals surface area contributed by atoms with Crippen LogP contribution in [0.25, 0.3) is 0 Å². The van der Waals surface area contributed by atoms with Crippen LogP contribution in [0.15, 0.2) is 47.4 Å². The van der Waals surface area contributed by atoms with Crippen LogP contribution in [0, 0.1) is 6.92 Å². The van der Waals surface area contributed by atoms with Gasteiger partial charge in [-0.25, -0.2) is 0 Å². The van der Waals surface area contributed by atoms with Gasteiger partial charge in [-0.05, 0) is 48.9 Å². The zero-order valence-corrected chi connectivity index (χ0v) is 13.0. The average Bonchev–Trinajstić information content (AvgIpc) is 2.50. The maximum absolute atomic E-state index is 12.3. The summed E-state index contributed by atoms with van der Waals surface area (Å²) < 4.78 is 22.9. The van der Waals surface area contributed by atoms with E-state index >= 15 is 0 Å². The van der Waals surface area contributed by atoms with Gasteiger partial charge in [0, 0.05) is 10.6 Å².